The van der Waals surface area contributed by atoms with E-state index in [-0.39, 0.29) is 18.7 Å². The predicted molar refractivity (Wildman–Crippen MR) is 122 cm³/mol. The van der Waals surface area contributed by atoms with Crippen molar-refractivity contribution in [1.82, 2.24) is 19.7 Å². The lowest BCUT2D eigenvalue weighted by atomic mass is 10.1. The lowest BCUT2D eigenvalue weighted by Crippen LogP contribution is -2.32. The van der Waals surface area contributed by atoms with Crippen LogP contribution in [0.25, 0.3) is 21.8 Å². The number of H-pyrrole nitrogens is 1. The molecule has 184 valence electrons. The number of benzene rings is 2. The van der Waals surface area contributed by atoms with E-state index >= 15 is 0 Å². The molecule has 0 aliphatic rings. The summed E-state index contributed by atoms with van der Waals surface area (Å²) in [6.07, 6.45) is -2.62. The fourth-order valence-electron chi connectivity index (χ4n) is 3.61. The highest BCUT2D eigenvalue weighted by atomic mass is 19.3. The summed E-state index contributed by atoms with van der Waals surface area (Å²) in [5.41, 5.74) is -0.0487. The van der Waals surface area contributed by atoms with Crippen LogP contribution in [0.4, 0.5) is 13.2 Å². The lowest BCUT2D eigenvalue weighted by molar-refractivity contribution is -0.155. The van der Waals surface area contributed by atoms with E-state index < -0.39 is 36.0 Å². The van der Waals surface area contributed by atoms with Gasteiger partial charge in [-0.1, -0.05) is 18.2 Å². The fraction of sp³-hybridized carbons (Fsp3) is 0.333. The summed E-state index contributed by atoms with van der Waals surface area (Å²) in [6.45, 7) is 3.86. The molecule has 8 nitrogen and oxygen atoms in total. The van der Waals surface area contributed by atoms with Gasteiger partial charge in [-0.05, 0) is 26.8 Å². The van der Waals surface area contributed by atoms with Crippen molar-refractivity contribution in [2.24, 2.45) is 0 Å². The van der Waals surface area contributed by atoms with Crippen LogP contribution in [-0.4, -0.2) is 44.4 Å². The van der Waals surface area contributed by atoms with Gasteiger partial charge < -0.3 is 14.5 Å². The number of ether oxygens (including phenoxy) is 2. The number of aromatic nitrogens is 4. The van der Waals surface area contributed by atoms with Crippen molar-refractivity contribution in [1.29, 1.82) is 0 Å². The molecule has 0 bridgehead atoms. The van der Waals surface area contributed by atoms with Crippen LogP contribution in [0.15, 0.2) is 41.2 Å². The molecule has 0 saturated heterocycles. The molecule has 0 spiro atoms. The second-order valence-corrected chi connectivity index (χ2v) is 8.90. The minimum Gasteiger partial charge on any atom is -0.484 e. The van der Waals surface area contributed by atoms with E-state index in [1.807, 2.05) is 0 Å². The average molecular weight is 488 g/mol. The highest BCUT2D eigenvalue weighted by Crippen LogP contribution is 2.25. The molecular formula is C24H23F3N4O4. The number of hydrogen-bond donors (Lipinski definition) is 1. The zero-order valence-electron chi connectivity index (χ0n) is 19.3. The van der Waals surface area contributed by atoms with Gasteiger partial charge in [-0.25, -0.2) is 22.8 Å². The Labute approximate surface area is 197 Å². The Morgan fingerprint density at radius 3 is 2.57 bits per heavy atom. The summed E-state index contributed by atoms with van der Waals surface area (Å²) in [7, 11) is 0. The Hall–Kier alpha value is -3.89. The number of carbonyl (C=O) groups excluding carboxylic acids is 1. The van der Waals surface area contributed by atoms with E-state index in [1.54, 1.807) is 45.0 Å². The van der Waals surface area contributed by atoms with Crippen LogP contribution in [0.3, 0.4) is 0 Å². The number of halogens is 3. The van der Waals surface area contributed by atoms with Crippen molar-refractivity contribution in [2.45, 2.75) is 45.8 Å². The van der Waals surface area contributed by atoms with Gasteiger partial charge >= 0.3 is 5.97 Å². The van der Waals surface area contributed by atoms with Gasteiger partial charge in [0, 0.05) is 17.5 Å². The molecule has 0 fully saturated rings. The third-order valence-electron chi connectivity index (χ3n) is 4.93. The van der Waals surface area contributed by atoms with Gasteiger partial charge in [0.25, 0.3) is 12.0 Å². The molecule has 0 amide bonds. The van der Waals surface area contributed by atoms with Crippen molar-refractivity contribution in [3.05, 3.63) is 64.1 Å². The Bertz CT molecular complexity index is 1460. The van der Waals surface area contributed by atoms with E-state index in [4.69, 9.17) is 9.47 Å². The van der Waals surface area contributed by atoms with Crippen LogP contribution in [-0.2, 0) is 22.5 Å². The summed E-state index contributed by atoms with van der Waals surface area (Å²) in [5, 5.41) is 5.32. The second kappa shape index (κ2) is 9.40. The monoisotopic (exact) mass is 488 g/mol. The first-order valence-corrected chi connectivity index (χ1v) is 10.8. The van der Waals surface area contributed by atoms with Gasteiger partial charge in [0.2, 0.25) is 0 Å². The largest absolute Gasteiger partial charge is 0.484 e. The Morgan fingerprint density at radius 1 is 1.17 bits per heavy atom. The number of esters is 1. The summed E-state index contributed by atoms with van der Waals surface area (Å²) >= 11 is 0. The van der Waals surface area contributed by atoms with E-state index in [0.717, 1.165) is 10.7 Å². The van der Waals surface area contributed by atoms with Gasteiger partial charge in [-0.2, -0.15) is 5.10 Å². The minimum atomic E-state index is -2.74. The SMILES string of the molecule is CC(C)(C)OC(=O)Cn1nc(Cc2nc3cc(OCC(F)F)c(F)cc3[nH]2)c2ccccc2c1=O. The van der Waals surface area contributed by atoms with Crippen LogP contribution >= 0.6 is 0 Å². The number of nitrogens with zero attached hydrogens (tertiary/aromatic N) is 3. The second-order valence-electron chi connectivity index (χ2n) is 8.90. The molecule has 0 atom stereocenters. The molecule has 0 radical (unpaired) electrons. The number of hydrogen-bond acceptors (Lipinski definition) is 6. The quantitative estimate of drug-likeness (QED) is 0.395. The summed E-state index contributed by atoms with van der Waals surface area (Å²) in [5.74, 6) is -1.34. The number of aromatic amines is 1. The number of rotatable bonds is 7. The third kappa shape index (κ3) is 5.61. The van der Waals surface area contributed by atoms with Crippen molar-refractivity contribution < 1.29 is 27.4 Å². The molecule has 2 aromatic carbocycles. The molecule has 2 heterocycles. The number of nitrogens with one attached hydrogen (secondary N) is 1. The molecule has 2 aromatic heterocycles. The van der Waals surface area contributed by atoms with E-state index in [1.165, 1.54) is 6.07 Å². The Balaban J connectivity index is 1.69. The molecule has 0 aliphatic heterocycles. The van der Waals surface area contributed by atoms with Gasteiger partial charge in [0.05, 0.1) is 28.5 Å². The lowest BCUT2D eigenvalue weighted by Gasteiger charge is -2.19. The normalized spacial score (nSPS) is 12.0. The highest BCUT2D eigenvalue weighted by Gasteiger charge is 2.20. The smallest absolute Gasteiger partial charge is 0.328 e. The van der Waals surface area contributed by atoms with Crippen LogP contribution in [0.5, 0.6) is 5.75 Å². The third-order valence-corrected chi connectivity index (χ3v) is 4.93. The highest BCUT2D eigenvalue weighted by molar-refractivity contribution is 5.84. The zero-order valence-corrected chi connectivity index (χ0v) is 19.3. The zero-order chi connectivity index (χ0) is 25.3. The Morgan fingerprint density at radius 2 is 1.89 bits per heavy atom. The van der Waals surface area contributed by atoms with Crippen molar-refractivity contribution in [2.75, 3.05) is 6.61 Å². The molecule has 35 heavy (non-hydrogen) atoms. The standard InChI is InChI=1S/C24H23F3N4O4/c1-24(2,3)35-22(32)11-31-23(33)14-7-5-4-6-13(14)16(30-31)10-21-28-17-8-15(25)19(9-18(17)29-21)34-12-20(26)27/h4-9,20H,10-12H2,1-3H3,(H,28,29). The van der Waals surface area contributed by atoms with Gasteiger partial charge in [0.15, 0.2) is 11.6 Å². The maximum Gasteiger partial charge on any atom is 0.328 e. The first-order chi connectivity index (χ1) is 16.5. The molecule has 0 aliphatic carbocycles. The number of fused-ring (bicyclic) bond motifs is 2. The van der Waals surface area contributed by atoms with Crippen LogP contribution in [0.2, 0.25) is 0 Å². The maximum absolute atomic E-state index is 14.2. The van der Waals surface area contributed by atoms with Crippen molar-refractivity contribution in [3.8, 4) is 5.75 Å². The van der Waals surface area contributed by atoms with Gasteiger partial charge in [0.1, 0.15) is 24.6 Å². The molecule has 11 heteroatoms. The molecule has 0 unspecified atom stereocenters. The molecular weight excluding hydrogens is 465 g/mol. The molecule has 1 N–H and O–H groups in total. The number of carbonyl (C=O) groups is 1. The van der Waals surface area contributed by atoms with E-state index in [2.05, 4.69) is 15.1 Å². The summed E-state index contributed by atoms with van der Waals surface area (Å²) in [6, 6.07) is 9.18. The molecule has 4 aromatic rings. The fourth-order valence-corrected chi connectivity index (χ4v) is 3.61. The van der Waals surface area contributed by atoms with Crippen LogP contribution in [0, 0.1) is 5.82 Å². The summed E-state index contributed by atoms with van der Waals surface area (Å²) in [4.78, 5) is 32.6. The van der Waals surface area contributed by atoms with Crippen molar-refractivity contribution in [3.63, 3.8) is 0 Å². The molecule has 0 saturated carbocycles. The first-order valence-electron chi connectivity index (χ1n) is 10.8. The molecule has 4 rings (SSSR count). The number of imidazole rings is 1. The van der Waals surface area contributed by atoms with Gasteiger partial charge in [-0.3, -0.25) is 9.59 Å². The minimum absolute atomic E-state index is 0.124. The Kier molecular flexibility index (Phi) is 6.51. The van der Waals surface area contributed by atoms with E-state index in [0.29, 0.717) is 33.3 Å². The predicted octanol–water partition coefficient (Wildman–Crippen LogP) is 3.99. The summed E-state index contributed by atoms with van der Waals surface area (Å²) < 4.78 is 50.3. The first kappa shape index (κ1) is 24.2. The van der Waals surface area contributed by atoms with E-state index in [9.17, 15) is 22.8 Å². The van der Waals surface area contributed by atoms with Crippen molar-refractivity contribution >= 4 is 27.8 Å². The maximum atomic E-state index is 14.2. The number of alkyl halides is 2. The average Bonchev–Trinajstić information content (AvgIpc) is 3.14. The van der Waals surface area contributed by atoms with Gasteiger partial charge in [-0.15, -0.1) is 0 Å². The topological polar surface area (TPSA) is 99.1 Å². The van der Waals surface area contributed by atoms with Crippen LogP contribution < -0.4 is 10.3 Å². The van der Waals surface area contributed by atoms with Crippen LogP contribution in [0.1, 0.15) is 32.3 Å².